The van der Waals surface area contributed by atoms with Crippen molar-refractivity contribution >= 4 is 6.03 Å². The van der Waals surface area contributed by atoms with Crippen LogP contribution in [0.5, 0.6) is 0 Å². The maximum atomic E-state index is 12.3. The van der Waals surface area contributed by atoms with Crippen LogP contribution in [0.4, 0.5) is 4.79 Å². The Morgan fingerprint density at radius 2 is 1.57 bits per heavy atom. The lowest BCUT2D eigenvalue weighted by molar-refractivity contribution is 0.0256. The number of amides is 2. The van der Waals surface area contributed by atoms with Gasteiger partial charge >= 0.3 is 6.03 Å². The molecule has 0 aromatic carbocycles. The van der Waals surface area contributed by atoms with Crippen molar-refractivity contribution < 1.29 is 4.79 Å². The molecule has 2 heterocycles. The molecule has 2 N–H and O–H groups in total. The maximum Gasteiger partial charge on any atom is 0.315 e. The van der Waals surface area contributed by atoms with Gasteiger partial charge in [0, 0.05) is 24.2 Å². The molecule has 2 amide bonds. The first-order valence-electron chi connectivity index (χ1n) is 10.1. The van der Waals surface area contributed by atoms with Crippen LogP contribution < -0.4 is 10.6 Å². The van der Waals surface area contributed by atoms with Gasteiger partial charge in [-0.25, -0.2) is 4.79 Å². The van der Waals surface area contributed by atoms with Crippen molar-refractivity contribution in [2.45, 2.75) is 108 Å². The van der Waals surface area contributed by atoms with Crippen molar-refractivity contribution in [2.24, 2.45) is 0 Å². The second-order valence-corrected chi connectivity index (χ2v) is 7.95. The van der Waals surface area contributed by atoms with Gasteiger partial charge in [-0.3, -0.25) is 4.90 Å². The predicted octanol–water partition coefficient (Wildman–Crippen LogP) is 3.80. The summed E-state index contributed by atoms with van der Waals surface area (Å²) in [5, 5.41) is 6.51. The summed E-state index contributed by atoms with van der Waals surface area (Å²) in [4.78, 5) is 15.1. The summed E-state index contributed by atoms with van der Waals surface area (Å²) in [6.07, 6.45) is 15.1. The van der Waals surface area contributed by atoms with Crippen LogP contribution in [0.2, 0.25) is 0 Å². The van der Waals surface area contributed by atoms with E-state index in [4.69, 9.17) is 0 Å². The minimum absolute atomic E-state index is 0.0852. The molecule has 3 fully saturated rings. The number of unbranched alkanes of at least 4 members (excludes halogenated alkanes) is 1. The molecule has 3 rings (SSSR count). The molecule has 0 spiro atoms. The summed E-state index contributed by atoms with van der Waals surface area (Å²) in [6.45, 7) is 3.53. The third kappa shape index (κ3) is 4.62. The predicted molar refractivity (Wildman–Crippen MR) is 94.6 cm³/mol. The molecular weight excluding hydrogens is 286 g/mol. The van der Waals surface area contributed by atoms with Gasteiger partial charge in [0.2, 0.25) is 0 Å². The van der Waals surface area contributed by atoms with Crippen LogP contribution in [0.15, 0.2) is 0 Å². The largest absolute Gasteiger partial charge is 0.335 e. The summed E-state index contributed by atoms with van der Waals surface area (Å²) < 4.78 is 0. The second kappa shape index (κ2) is 8.36. The fourth-order valence-corrected chi connectivity index (χ4v) is 4.96. The highest BCUT2D eigenvalue weighted by Gasteiger charge is 2.38. The zero-order chi connectivity index (χ0) is 16.1. The van der Waals surface area contributed by atoms with E-state index in [0.29, 0.717) is 24.2 Å². The average Bonchev–Trinajstić information content (AvgIpc) is 2.53. The number of piperidine rings is 2. The molecule has 1 aliphatic carbocycles. The van der Waals surface area contributed by atoms with Crippen molar-refractivity contribution in [3.63, 3.8) is 0 Å². The van der Waals surface area contributed by atoms with E-state index in [1.54, 1.807) is 0 Å². The number of hydrogen-bond donors (Lipinski definition) is 2. The van der Waals surface area contributed by atoms with E-state index in [9.17, 15) is 4.79 Å². The molecule has 2 saturated heterocycles. The Morgan fingerprint density at radius 3 is 2.22 bits per heavy atom. The van der Waals surface area contributed by atoms with E-state index >= 15 is 0 Å². The fourth-order valence-electron chi connectivity index (χ4n) is 4.96. The Bertz CT molecular complexity index is 367. The lowest BCUT2D eigenvalue weighted by atomic mass is 9.81. The highest BCUT2D eigenvalue weighted by molar-refractivity contribution is 5.74. The number of carbonyl (C=O) groups excluding carboxylic acids is 1. The molecule has 23 heavy (non-hydrogen) atoms. The molecule has 0 aromatic heterocycles. The van der Waals surface area contributed by atoms with Crippen molar-refractivity contribution in [1.82, 2.24) is 15.5 Å². The lowest BCUT2D eigenvalue weighted by Crippen LogP contribution is -2.58. The van der Waals surface area contributed by atoms with Crippen LogP contribution in [0.25, 0.3) is 0 Å². The third-order valence-electron chi connectivity index (χ3n) is 6.17. The molecule has 3 aliphatic rings. The van der Waals surface area contributed by atoms with Crippen LogP contribution in [-0.2, 0) is 0 Å². The highest BCUT2D eigenvalue weighted by atomic mass is 16.2. The van der Waals surface area contributed by atoms with Crippen LogP contribution in [0.1, 0.15) is 84.0 Å². The standard InChI is InChI=1S/C19H35N3O/c1-2-3-12-22-17-10-7-11-18(22)14-16(13-17)21-19(23)20-15-8-5-4-6-9-15/h15-18H,2-14H2,1H3,(H2,20,21,23)/t16?,17-,18+. The van der Waals surface area contributed by atoms with Gasteiger partial charge in [-0.15, -0.1) is 0 Å². The molecule has 1 unspecified atom stereocenters. The van der Waals surface area contributed by atoms with Crippen LogP contribution >= 0.6 is 0 Å². The number of hydrogen-bond acceptors (Lipinski definition) is 2. The van der Waals surface area contributed by atoms with Crippen LogP contribution in [0.3, 0.4) is 0 Å². The van der Waals surface area contributed by atoms with Gasteiger partial charge in [0.15, 0.2) is 0 Å². The summed E-state index contributed by atoms with van der Waals surface area (Å²) in [6, 6.07) is 2.28. The average molecular weight is 322 g/mol. The van der Waals surface area contributed by atoms with Crippen LogP contribution in [0, 0.1) is 0 Å². The zero-order valence-electron chi connectivity index (χ0n) is 14.9. The normalized spacial score (nSPS) is 32.5. The summed E-state index contributed by atoms with van der Waals surface area (Å²) in [5.74, 6) is 0. The zero-order valence-corrected chi connectivity index (χ0v) is 14.9. The molecule has 3 atom stereocenters. The number of fused-ring (bicyclic) bond motifs is 2. The number of rotatable bonds is 5. The highest BCUT2D eigenvalue weighted by Crippen LogP contribution is 2.34. The van der Waals surface area contributed by atoms with Crippen molar-refractivity contribution in [2.75, 3.05) is 6.54 Å². The molecule has 4 heteroatoms. The Kier molecular flexibility index (Phi) is 6.21. The molecule has 0 radical (unpaired) electrons. The van der Waals surface area contributed by atoms with Gasteiger partial charge in [0.1, 0.15) is 0 Å². The number of nitrogens with zero attached hydrogens (tertiary/aromatic N) is 1. The molecular formula is C19H35N3O. The first kappa shape index (κ1) is 17.1. The minimum atomic E-state index is 0.0852. The van der Waals surface area contributed by atoms with Gasteiger partial charge < -0.3 is 10.6 Å². The Labute approximate surface area is 141 Å². The molecule has 2 bridgehead atoms. The summed E-state index contributed by atoms with van der Waals surface area (Å²) in [7, 11) is 0. The van der Waals surface area contributed by atoms with E-state index in [1.165, 1.54) is 57.9 Å². The van der Waals surface area contributed by atoms with E-state index in [2.05, 4.69) is 22.5 Å². The van der Waals surface area contributed by atoms with Gasteiger partial charge in [-0.1, -0.05) is 39.0 Å². The Balaban J connectivity index is 1.47. The molecule has 1 saturated carbocycles. The van der Waals surface area contributed by atoms with Gasteiger partial charge in [0.25, 0.3) is 0 Å². The van der Waals surface area contributed by atoms with Gasteiger partial charge in [-0.05, 0) is 51.5 Å². The topological polar surface area (TPSA) is 44.4 Å². The van der Waals surface area contributed by atoms with Crippen molar-refractivity contribution in [3.8, 4) is 0 Å². The lowest BCUT2D eigenvalue weighted by Gasteiger charge is -2.49. The van der Waals surface area contributed by atoms with E-state index in [1.807, 2.05) is 0 Å². The number of nitrogens with one attached hydrogen (secondary N) is 2. The van der Waals surface area contributed by atoms with Crippen molar-refractivity contribution in [1.29, 1.82) is 0 Å². The fraction of sp³-hybridized carbons (Fsp3) is 0.947. The van der Waals surface area contributed by atoms with E-state index < -0.39 is 0 Å². The first-order valence-corrected chi connectivity index (χ1v) is 10.1. The smallest absolute Gasteiger partial charge is 0.315 e. The molecule has 0 aromatic rings. The summed E-state index contributed by atoms with van der Waals surface area (Å²) >= 11 is 0. The molecule has 132 valence electrons. The maximum absolute atomic E-state index is 12.3. The molecule has 2 aliphatic heterocycles. The summed E-state index contributed by atoms with van der Waals surface area (Å²) in [5.41, 5.74) is 0. The van der Waals surface area contributed by atoms with Gasteiger partial charge in [-0.2, -0.15) is 0 Å². The Hall–Kier alpha value is -0.770. The quantitative estimate of drug-likeness (QED) is 0.809. The number of urea groups is 1. The second-order valence-electron chi connectivity index (χ2n) is 7.95. The Morgan fingerprint density at radius 1 is 0.913 bits per heavy atom. The molecule has 4 nitrogen and oxygen atoms in total. The van der Waals surface area contributed by atoms with E-state index in [-0.39, 0.29) is 6.03 Å². The first-order chi connectivity index (χ1) is 11.3. The minimum Gasteiger partial charge on any atom is -0.335 e. The number of carbonyl (C=O) groups is 1. The SMILES string of the molecule is CCCCN1[C@@H]2CCC[C@H]1CC(NC(=O)NC1CCCCC1)C2. The third-order valence-corrected chi connectivity index (χ3v) is 6.17. The van der Waals surface area contributed by atoms with Gasteiger partial charge in [0.05, 0.1) is 0 Å². The monoisotopic (exact) mass is 321 g/mol. The van der Waals surface area contributed by atoms with Crippen molar-refractivity contribution in [3.05, 3.63) is 0 Å². The van der Waals surface area contributed by atoms with Crippen LogP contribution in [-0.4, -0.2) is 41.6 Å². The van der Waals surface area contributed by atoms with E-state index in [0.717, 1.165) is 25.7 Å².